The van der Waals surface area contributed by atoms with Crippen LogP contribution in [0.5, 0.6) is 0 Å². The van der Waals surface area contributed by atoms with E-state index in [0.29, 0.717) is 19.8 Å². The molecule has 0 spiro atoms. The third-order valence-corrected chi connectivity index (χ3v) is 5.85. The molecule has 23 heavy (non-hydrogen) atoms. The molecule has 0 fully saturated rings. The van der Waals surface area contributed by atoms with E-state index in [9.17, 15) is 0 Å². The van der Waals surface area contributed by atoms with Crippen molar-refractivity contribution in [2.75, 3.05) is 19.8 Å². The summed E-state index contributed by atoms with van der Waals surface area (Å²) >= 11 is 2.92. The Bertz CT molecular complexity index is 483. The predicted octanol–water partition coefficient (Wildman–Crippen LogP) is 2.34. The molecular weight excluding hydrogens is 352 g/mol. The molecule has 0 aromatic heterocycles. The van der Waals surface area contributed by atoms with Crippen LogP contribution in [0.15, 0.2) is 24.3 Å². The molecule has 1 aromatic rings. The van der Waals surface area contributed by atoms with Crippen LogP contribution >= 0.6 is 11.7 Å². The number of rotatable bonds is 9. The Hall–Kier alpha value is -0.383. The van der Waals surface area contributed by atoms with Crippen LogP contribution in [0.4, 0.5) is 0 Å². The molecule has 134 valence electrons. The number of benzene rings is 1. The molecule has 1 aromatic carbocycles. The lowest BCUT2D eigenvalue weighted by Crippen LogP contribution is -2.57. The summed E-state index contributed by atoms with van der Waals surface area (Å²) in [5.74, 6) is 0. The molecule has 0 aliphatic rings. The van der Waals surface area contributed by atoms with Gasteiger partial charge in [0, 0.05) is 25.0 Å². The molecule has 0 atom stereocenters. The average molecular weight is 381 g/mol. The number of hydrogen-bond acceptors (Lipinski definition) is 5. The van der Waals surface area contributed by atoms with E-state index in [1.165, 1.54) is 5.56 Å². The van der Waals surface area contributed by atoms with Crippen LogP contribution in [-0.4, -0.2) is 37.0 Å². The second kappa shape index (κ2) is 13.0. The average Bonchev–Trinajstić information content (AvgIpc) is 2.48. The lowest BCUT2D eigenvalue weighted by molar-refractivity contribution is 0.0859. The monoisotopic (exact) mass is 380 g/mol. The van der Waals surface area contributed by atoms with Gasteiger partial charge in [0.1, 0.15) is 0 Å². The number of hydrogen-bond donors (Lipinski definition) is 2. The van der Waals surface area contributed by atoms with E-state index in [4.69, 9.17) is 21.7 Å². The maximum Gasteiger partial charge on any atom is 0.537 e. The molecular formula is C15H28O5S2Si. The molecule has 0 amide bonds. The Morgan fingerprint density at radius 1 is 1.00 bits per heavy atom. The molecule has 5 nitrogen and oxygen atoms in total. The van der Waals surface area contributed by atoms with Crippen molar-refractivity contribution in [1.29, 1.82) is 0 Å². The van der Waals surface area contributed by atoms with Crippen LogP contribution in [0.25, 0.3) is 0 Å². The van der Waals surface area contributed by atoms with Crippen molar-refractivity contribution in [3.63, 3.8) is 0 Å². The molecule has 0 bridgehead atoms. The minimum absolute atomic E-state index is 0.601. The van der Waals surface area contributed by atoms with Crippen molar-refractivity contribution in [2.24, 2.45) is 0 Å². The van der Waals surface area contributed by atoms with E-state index >= 15 is 0 Å². The highest BCUT2D eigenvalue weighted by Gasteiger charge is 2.43. The molecule has 0 saturated heterocycles. The molecule has 0 aliphatic carbocycles. The lowest BCUT2D eigenvalue weighted by Gasteiger charge is -2.28. The quantitative estimate of drug-likeness (QED) is 0.391. The van der Waals surface area contributed by atoms with Crippen molar-refractivity contribution < 1.29 is 21.7 Å². The van der Waals surface area contributed by atoms with Crippen molar-refractivity contribution in [2.45, 2.75) is 40.5 Å². The van der Waals surface area contributed by atoms with E-state index < -0.39 is 18.5 Å². The molecule has 0 unspecified atom stereocenters. The van der Waals surface area contributed by atoms with Gasteiger partial charge in [-0.15, -0.1) is 0 Å². The fourth-order valence-corrected chi connectivity index (χ4v) is 4.70. The SMILES string of the molecule is CCCc1cccc([Si](OCC)(OCC)OCC)c1.O=[SH](=O)S. The Labute approximate surface area is 147 Å². The zero-order valence-corrected chi connectivity index (χ0v) is 17.1. The maximum absolute atomic E-state index is 8.90. The highest BCUT2D eigenvalue weighted by Crippen LogP contribution is 2.13. The van der Waals surface area contributed by atoms with Gasteiger partial charge in [-0.1, -0.05) is 49.3 Å². The summed E-state index contributed by atoms with van der Waals surface area (Å²) in [7, 11) is -5.16. The van der Waals surface area contributed by atoms with Gasteiger partial charge in [-0.05, 0) is 32.8 Å². The van der Waals surface area contributed by atoms with E-state index in [0.717, 1.165) is 18.0 Å². The summed E-state index contributed by atoms with van der Waals surface area (Å²) in [5, 5.41) is 1.07. The van der Waals surface area contributed by atoms with Gasteiger partial charge in [-0.25, -0.2) is 8.42 Å². The van der Waals surface area contributed by atoms with Crippen LogP contribution in [0.1, 0.15) is 39.7 Å². The van der Waals surface area contributed by atoms with Gasteiger partial charge in [0.2, 0.25) is 0 Å². The first-order valence-electron chi connectivity index (χ1n) is 7.80. The summed E-state index contributed by atoms with van der Waals surface area (Å²) in [5.41, 5.74) is 1.32. The first-order valence-corrected chi connectivity index (χ1v) is 11.9. The van der Waals surface area contributed by atoms with Crippen molar-refractivity contribution in [1.82, 2.24) is 0 Å². The molecule has 0 heterocycles. The van der Waals surface area contributed by atoms with Crippen LogP contribution < -0.4 is 5.19 Å². The van der Waals surface area contributed by atoms with Crippen molar-refractivity contribution in [3.05, 3.63) is 29.8 Å². The van der Waals surface area contributed by atoms with E-state index in [1.807, 2.05) is 20.8 Å². The highest BCUT2D eigenvalue weighted by atomic mass is 33.1. The maximum atomic E-state index is 8.90. The van der Waals surface area contributed by atoms with Crippen molar-refractivity contribution in [3.8, 4) is 0 Å². The van der Waals surface area contributed by atoms with E-state index in [2.05, 4.69) is 42.9 Å². The van der Waals surface area contributed by atoms with Crippen LogP contribution in [0.3, 0.4) is 0 Å². The third-order valence-electron chi connectivity index (χ3n) is 2.82. The van der Waals surface area contributed by atoms with Gasteiger partial charge in [0.05, 0.1) is 0 Å². The van der Waals surface area contributed by atoms with Gasteiger partial charge >= 0.3 is 8.80 Å². The molecule has 0 saturated carbocycles. The Kier molecular flexibility index (Phi) is 12.8. The van der Waals surface area contributed by atoms with E-state index in [-0.39, 0.29) is 0 Å². The number of aryl methyl sites for hydroxylation is 1. The van der Waals surface area contributed by atoms with E-state index in [1.54, 1.807) is 0 Å². The number of thiol groups is 2. The minimum atomic E-state index is -2.73. The largest absolute Gasteiger partial charge is 0.537 e. The summed E-state index contributed by atoms with van der Waals surface area (Å²) in [6.45, 7) is 9.94. The Balaban J connectivity index is 0.00000108. The summed E-state index contributed by atoms with van der Waals surface area (Å²) in [4.78, 5) is 0. The van der Waals surface area contributed by atoms with Gasteiger partial charge in [0.15, 0.2) is 9.74 Å². The van der Waals surface area contributed by atoms with Crippen molar-refractivity contribution >= 4 is 35.4 Å². The Morgan fingerprint density at radius 2 is 1.48 bits per heavy atom. The second-order valence-corrected chi connectivity index (χ2v) is 8.55. The predicted molar refractivity (Wildman–Crippen MR) is 100 cm³/mol. The second-order valence-electron chi connectivity index (χ2n) is 4.54. The highest BCUT2D eigenvalue weighted by molar-refractivity contribution is 8.54. The van der Waals surface area contributed by atoms with Gasteiger partial charge < -0.3 is 13.3 Å². The fourth-order valence-electron chi connectivity index (χ4n) is 2.15. The zero-order valence-electron chi connectivity index (χ0n) is 14.3. The zero-order chi connectivity index (χ0) is 17.7. The topological polar surface area (TPSA) is 61.8 Å². The normalized spacial score (nSPS) is 11.2. The molecule has 8 heteroatoms. The molecule has 0 N–H and O–H groups in total. The van der Waals surface area contributed by atoms with Crippen LogP contribution in [0.2, 0.25) is 0 Å². The summed E-state index contributed by atoms with van der Waals surface area (Å²) in [6, 6.07) is 8.46. The summed E-state index contributed by atoms with van der Waals surface area (Å²) < 4.78 is 35.6. The van der Waals surface area contributed by atoms with Gasteiger partial charge in [0.25, 0.3) is 0 Å². The van der Waals surface area contributed by atoms with Gasteiger partial charge in [-0.3, -0.25) is 0 Å². The van der Waals surface area contributed by atoms with Gasteiger partial charge in [-0.2, -0.15) is 0 Å². The molecule has 0 radical (unpaired) electrons. The first-order chi connectivity index (χ1) is 11.0. The molecule has 0 aliphatic heterocycles. The standard InChI is InChI=1S/C15H26O3Si.H2O2S2/c1-5-10-14-11-9-12-15(13-14)19(16-6-2,17-7-3)18-8-4;1-4(2)3/h9,11-13H,5-8,10H2,1-4H3;4H,(H,1,2,3). The van der Waals surface area contributed by atoms with Crippen LogP contribution in [0, 0.1) is 0 Å². The summed E-state index contributed by atoms with van der Waals surface area (Å²) in [6.07, 6.45) is 2.21. The molecule has 1 rings (SSSR count). The minimum Gasteiger partial charge on any atom is -0.370 e. The smallest absolute Gasteiger partial charge is 0.370 e. The Morgan fingerprint density at radius 3 is 1.87 bits per heavy atom. The fraction of sp³-hybridized carbons (Fsp3) is 0.600. The first kappa shape index (κ1) is 22.6. The lowest BCUT2D eigenvalue weighted by atomic mass is 10.1. The van der Waals surface area contributed by atoms with Crippen LogP contribution in [-0.2, 0) is 29.4 Å². The third kappa shape index (κ3) is 8.87.